The number of rotatable bonds is 0. The number of aryl methyl sites for hydroxylation is 1. The van der Waals surface area contributed by atoms with Gasteiger partial charge in [-0.05, 0) is 6.92 Å². The number of hydrogen-bond acceptors (Lipinski definition) is 4. The molecule has 1 aromatic carbocycles. The van der Waals surface area contributed by atoms with E-state index in [-0.39, 0.29) is 61.8 Å². The van der Waals surface area contributed by atoms with Crippen LogP contribution in [0.15, 0.2) is 30.3 Å². The van der Waals surface area contributed by atoms with Gasteiger partial charge in [0.15, 0.2) is 0 Å². The topological polar surface area (TPSA) is 120 Å². The maximum Gasteiger partial charge on any atom is 4.00 e. The van der Waals surface area contributed by atoms with Crippen LogP contribution in [0.1, 0.15) is 5.56 Å². The Bertz CT molecular complexity index is 145. The molecule has 0 amide bonds. The number of benzene rings is 1. The smallest absolute Gasteiger partial charge is 0.870 e. The Kier molecular flexibility index (Phi) is 42.8. The molecule has 4 N–H and O–H groups in total. The first-order valence-electron chi connectivity index (χ1n) is 2.41. The summed E-state index contributed by atoms with van der Waals surface area (Å²) >= 11 is 0. The molecule has 0 bridgehead atoms. The minimum absolute atomic E-state index is 0. The standard InChI is InChI=1S/C7H8.4H2O.Th/c1-7-5-3-2-4-6-7;;;;;/h2-6H,1H3;4*1H2;/q;;;;;+4/p-4. The molecule has 0 fully saturated rings. The first-order valence-corrected chi connectivity index (χ1v) is 2.41. The van der Waals surface area contributed by atoms with Crippen LogP contribution in [0.2, 0.25) is 0 Å². The maximum absolute atomic E-state index is 2.08. The summed E-state index contributed by atoms with van der Waals surface area (Å²) in [6.45, 7) is 2.08. The first-order chi connectivity index (χ1) is 3.39. The summed E-state index contributed by atoms with van der Waals surface area (Å²) in [5.74, 6) is 0. The molecular weight excluding hydrogens is 380 g/mol. The molecule has 0 saturated heterocycles. The van der Waals surface area contributed by atoms with Crippen molar-refractivity contribution in [2.75, 3.05) is 0 Å². The predicted octanol–water partition coefficient (Wildman–Crippen LogP) is 1.29. The summed E-state index contributed by atoms with van der Waals surface area (Å²) in [6, 6.07) is 10.3. The van der Waals surface area contributed by atoms with E-state index in [2.05, 4.69) is 19.1 Å². The van der Waals surface area contributed by atoms with Crippen molar-refractivity contribution >= 4 is 0 Å². The van der Waals surface area contributed by atoms with Gasteiger partial charge in [0, 0.05) is 0 Å². The zero-order chi connectivity index (χ0) is 5.11. The van der Waals surface area contributed by atoms with Crippen molar-refractivity contribution in [1.29, 1.82) is 0 Å². The Labute approximate surface area is 104 Å². The zero-order valence-corrected chi connectivity index (χ0v) is 10.8. The Balaban J connectivity index is -0.0000000327. The first kappa shape index (κ1) is 29.4. The molecule has 0 aliphatic carbocycles. The minimum atomic E-state index is 0. The van der Waals surface area contributed by atoms with Crippen molar-refractivity contribution in [2.24, 2.45) is 0 Å². The van der Waals surface area contributed by atoms with Gasteiger partial charge < -0.3 is 21.9 Å². The normalized spacial score (nSPS) is 5.08. The Morgan fingerprint density at radius 3 is 1.25 bits per heavy atom. The fraction of sp³-hybridized carbons (Fsp3) is 0.143. The van der Waals surface area contributed by atoms with Crippen molar-refractivity contribution in [1.82, 2.24) is 0 Å². The molecule has 4 nitrogen and oxygen atoms in total. The average Bonchev–Trinajstić information content (AvgIpc) is 1.69. The Morgan fingerprint density at radius 1 is 0.750 bits per heavy atom. The molecular formula is C7H12O4Th. The fourth-order valence-corrected chi connectivity index (χ4v) is 0.534. The van der Waals surface area contributed by atoms with Crippen molar-refractivity contribution < 1.29 is 61.8 Å². The van der Waals surface area contributed by atoms with Crippen LogP contribution < -0.4 is 0 Å². The SMILES string of the molecule is Cc1ccccc1.[OH-].[OH-].[OH-].[OH-].[Th+4]. The van der Waals surface area contributed by atoms with Crippen molar-refractivity contribution in [3.8, 4) is 0 Å². The van der Waals surface area contributed by atoms with Gasteiger partial charge in [-0.3, -0.25) is 0 Å². The average molecular weight is 392 g/mol. The van der Waals surface area contributed by atoms with Gasteiger partial charge in [-0.2, -0.15) is 0 Å². The summed E-state index contributed by atoms with van der Waals surface area (Å²) in [5, 5.41) is 0. The summed E-state index contributed by atoms with van der Waals surface area (Å²) < 4.78 is 0. The van der Waals surface area contributed by atoms with Crippen LogP contribution in [0, 0.1) is 46.9 Å². The molecule has 0 saturated carbocycles. The number of hydrogen-bond donors (Lipinski definition) is 0. The molecule has 0 heterocycles. The van der Waals surface area contributed by atoms with Gasteiger partial charge in [0.25, 0.3) is 0 Å². The van der Waals surface area contributed by atoms with Crippen molar-refractivity contribution in [3.05, 3.63) is 35.9 Å². The molecule has 0 atom stereocenters. The second kappa shape index (κ2) is 17.5. The van der Waals surface area contributed by atoms with Crippen LogP contribution in [0.25, 0.3) is 0 Å². The third-order valence-corrected chi connectivity index (χ3v) is 0.940. The van der Waals surface area contributed by atoms with E-state index in [4.69, 9.17) is 0 Å². The Hall–Kier alpha value is 0.385. The summed E-state index contributed by atoms with van der Waals surface area (Å²) in [6.07, 6.45) is 0. The molecule has 0 aliphatic rings. The molecule has 1 rings (SSSR count). The van der Waals surface area contributed by atoms with Crippen LogP contribution in [0.5, 0.6) is 0 Å². The molecule has 0 aromatic heterocycles. The van der Waals surface area contributed by atoms with E-state index in [1.165, 1.54) is 5.56 Å². The second-order valence-electron chi connectivity index (χ2n) is 1.65. The molecule has 0 unspecified atom stereocenters. The van der Waals surface area contributed by atoms with E-state index in [0.29, 0.717) is 0 Å². The van der Waals surface area contributed by atoms with Gasteiger partial charge in [0.2, 0.25) is 0 Å². The van der Waals surface area contributed by atoms with E-state index in [1.807, 2.05) is 18.2 Å². The Morgan fingerprint density at radius 2 is 1.08 bits per heavy atom. The van der Waals surface area contributed by atoms with E-state index in [0.717, 1.165) is 0 Å². The predicted molar refractivity (Wildman–Crippen MR) is 38.9 cm³/mol. The van der Waals surface area contributed by atoms with Crippen LogP contribution in [-0.2, 0) is 0 Å². The van der Waals surface area contributed by atoms with Gasteiger partial charge in [0.05, 0.1) is 0 Å². The molecule has 1 aromatic rings. The molecule has 0 aliphatic heterocycles. The van der Waals surface area contributed by atoms with Gasteiger partial charge >= 0.3 is 39.9 Å². The van der Waals surface area contributed by atoms with Gasteiger partial charge in [-0.1, -0.05) is 35.9 Å². The minimum Gasteiger partial charge on any atom is -0.870 e. The van der Waals surface area contributed by atoms with Crippen LogP contribution in [-0.4, -0.2) is 21.9 Å². The van der Waals surface area contributed by atoms with Crippen LogP contribution in [0.4, 0.5) is 0 Å². The third kappa shape index (κ3) is 13.0. The summed E-state index contributed by atoms with van der Waals surface area (Å²) in [5.41, 5.74) is 1.32. The van der Waals surface area contributed by atoms with Crippen LogP contribution in [0.3, 0.4) is 0 Å². The van der Waals surface area contributed by atoms with Gasteiger partial charge in [0.1, 0.15) is 0 Å². The van der Waals surface area contributed by atoms with E-state index in [9.17, 15) is 0 Å². The molecule has 68 valence electrons. The quantitative estimate of drug-likeness (QED) is 0.661. The van der Waals surface area contributed by atoms with E-state index >= 15 is 0 Å². The monoisotopic (exact) mass is 392 g/mol. The van der Waals surface area contributed by atoms with Crippen LogP contribution >= 0.6 is 0 Å². The molecule has 12 heavy (non-hydrogen) atoms. The van der Waals surface area contributed by atoms with E-state index in [1.54, 1.807) is 0 Å². The van der Waals surface area contributed by atoms with Gasteiger partial charge in [-0.25, -0.2) is 0 Å². The maximum atomic E-state index is 2.08. The molecule has 0 radical (unpaired) electrons. The van der Waals surface area contributed by atoms with Crippen molar-refractivity contribution in [3.63, 3.8) is 0 Å². The van der Waals surface area contributed by atoms with E-state index < -0.39 is 0 Å². The van der Waals surface area contributed by atoms with Gasteiger partial charge in [-0.15, -0.1) is 0 Å². The molecule has 5 heteroatoms. The second-order valence-corrected chi connectivity index (χ2v) is 1.65. The fourth-order valence-electron chi connectivity index (χ4n) is 0.534. The van der Waals surface area contributed by atoms with Crippen molar-refractivity contribution in [2.45, 2.75) is 6.92 Å². The largest absolute Gasteiger partial charge is 4.00 e. The zero-order valence-electron chi connectivity index (χ0n) is 6.68. The summed E-state index contributed by atoms with van der Waals surface area (Å²) in [4.78, 5) is 0. The molecule has 0 spiro atoms. The summed E-state index contributed by atoms with van der Waals surface area (Å²) in [7, 11) is 0. The third-order valence-electron chi connectivity index (χ3n) is 0.940.